The summed E-state index contributed by atoms with van der Waals surface area (Å²) in [6.07, 6.45) is 0.522. The smallest absolute Gasteiger partial charge is 0.335 e. The summed E-state index contributed by atoms with van der Waals surface area (Å²) in [5.41, 5.74) is 0.807. The van der Waals surface area contributed by atoms with Gasteiger partial charge in [0.15, 0.2) is 6.29 Å². The monoisotopic (exact) mass is 244 g/mol. The average Bonchev–Trinajstić information content (AvgIpc) is 2.38. The summed E-state index contributed by atoms with van der Waals surface area (Å²) in [6, 6.07) is 10.0. The Kier molecular flexibility index (Phi) is 3.19. The van der Waals surface area contributed by atoms with Gasteiger partial charge in [0.1, 0.15) is 5.82 Å². The van der Waals surface area contributed by atoms with Gasteiger partial charge in [0.05, 0.1) is 5.56 Å². The van der Waals surface area contributed by atoms with Crippen molar-refractivity contribution < 1.29 is 19.1 Å². The number of rotatable bonds is 3. The van der Waals surface area contributed by atoms with Crippen molar-refractivity contribution in [3.63, 3.8) is 0 Å². The first-order valence-electron chi connectivity index (χ1n) is 5.21. The second kappa shape index (κ2) is 4.79. The van der Waals surface area contributed by atoms with E-state index in [1.165, 1.54) is 30.3 Å². The highest BCUT2D eigenvalue weighted by Gasteiger charge is 2.12. The van der Waals surface area contributed by atoms with Gasteiger partial charge in [-0.05, 0) is 23.8 Å². The van der Waals surface area contributed by atoms with E-state index in [9.17, 15) is 14.0 Å². The van der Waals surface area contributed by atoms with Crippen LogP contribution in [0.5, 0.6) is 0 Å². The minimum Gasteiger partial charge on any atom is -0.478 e. The molecular weight excluding hydrogens is 235 g/mol. The Morgan fingerprint density at radius 1 is 1.11 bits per heavy atom. The Hall–Kier alpha value is -2.49. The van der Waals surface area contributed by atoms with Crippen molar-refractivity contribution >= 4 is 12.3 Å². The van der Waals surface area contributed by atoms with Crippen molar-refractivity contribution in [2.45, 2.75) is 0 Å². The van der Waals surface area contributed by atoms with Crippen LogP contribution in [0.25, 0.3) is 11.1 Å². The summed E-state index contributed by atoms with van der Waals surface area (Å²) >= 11 is 0. The Morgan fingerprint density at radius 3 is 2.44 bits per heavy atom. The van der Waals surface area contributed by atoms with E-state index in [1.54, 1.807) is 12.1 Å². The number of carboxylic acids is 1. The number of benzene rings is 2. The third kappa shape index (κ3) is 2.13. The second-order valence-corrected chi connectivity index (χ2v) is 3.70. The Morgan fingerprint density at radius 2 is 1.83 bits per heavy atom. The number of aromatic carboxylic acids is 1. The van der Waals surface area contributed by atoms with Gasteiger partial charge < -0.3 is 5.11 Å². The molecule has 18 heavy (non-hydrogen) atoms. The first kappa shape index (κ1) is 12.0. The number of halogens is 1. The molecule has 0 aliphatic heterocycles. The molecule has 0 saturated carbocycles. The van der Waals surface area contributed by atoms with Crippen LogP contribution in [0.2, 0.25) is 0 Å². The highest BCUT2D eigenvalue weighted by molar-refractivity contribution is 5.94. The molecule has 0 spiro atoms. The Bertz CT molecular complexity index is 620. The summed E-state index contributed by atoms with van der Waals surface area (Å²) in [7, 11) is 0. The summed E-state index contributed by atoms with van der Waals surface area (Å²) in [5, 5.41) is 8.83. The highest BCUT2D eigenvalue weighted by atomic mass is 19.1. The van der Waals surface area contributed by atoms with Crippen molar-refractivity contribution in [2.24, 2.45) is 0 Å². The standard InChI is InChI=1S/C14H9FO3/c15-13-4-2-1-3-12(13)11-6-5-9(14(17)18)7-10(11)8-16/h1-8H,(H,17,18). The van der Waals surface area contributed by atoms with Gasteiger partial charge in [-0.3, -0.25) is 4.79 Å². The van der Waals surface area contributed by atoms with Crippen LogP contribution in [-0.4, -0.2) is 17.4 Å². The fourth-order valence-electron chi connectivity index (χ4n) is 1.72. The van der Waals surface area contributed by atoms with Crippen molar-refractivity contribution in [1.82, 2.24) is 0 Å². The molecule has 0 unspecified atom stereocenters. The van der Waals surface area contributed by atoms with Crippen LogP contribution in [0.4, 0.5) is 4.39 Å². The SMILES string of the molecule is O=Cc1cc(C(=O)O)ccc1-c1ccccc1F. The van der Waals surface area contributed by atoms with Gasteiger partial charge in [-0.1, -0.05) is 24.3 Å². The normalized spacial score (nSPS) is 10.1. The zero-order chi connectivity index (χ0) is 13.1. The topological polar surface area (TPSA) is 54.4 Å². The molecule has 0 aromatic heterocycles. The molecule has 2 aromatic rings. The van der Waals surface area contributed by atoms with Gasteiger partial charge in [-0.2, -0.15) is 0 Å². The summed E-state index contributed by atoms with van der Waals surface area (Å²) in [5.74, 6) is -1.58. The molecular formula is C14H9FO3. The lowest BCUT2D eigenvalue weighted by atomic mass is 9.98. The lowest BCUT2D eigenvalue weighted by Gasteiger charge is -2.07. The molecule has 0 fully saturated rings. The molecule has 0 radical (unpaired) electrons. The van der Waals surface area contributed by atoms with Gasteiger partial charge >= 0.3 is 5.97 Å². The first-order chi connectivity index (χ1) is 8.63. The lowest BCUT2D eigenvalue weighted by molar-refractivity contribution is 0.0697. The van der Waals surface area contributed by atoms with Gasteiger partial charge in [0.2, 0.25) is 0 Å². The fraction of sp³-hybridized carbons (Fsp3) is 0. The number of aldehydes is 1. The first-order valence-corrected chi connectivity index (χ1v) is 5.21. The van der Waals surface area contributed by atoms with Crippen molar-refractivity contribution in [3.8, 4) is 11.1 Å². The Balaban J connectivity index is 2.62. The van der Waals surface area contributed by atoms with Gasteiger partial charge in [0, 0.05) is 11.1 Å². The summed E-state index contributed by atoms with van der Waals surface area (Å²) in [6.45, 7) is 0. The molecule has 0 aliphatic carbocycles. The van der Waals surface area contributed by atoms with Crippen molar-refractivity contribution in [1.29, 1.82) is 0 Å². The molecule has 0 bridgehead atoms. The van der Waals surface area contributed by atoms with E-state index in [0.717, 1.165) is 0 Å². The minimum absolute atomic E-state index is 0.00260. The summed E-state index contributed by atoms with van der Waals surface area (Å²) in [4.78, 5) is 21.8. The maximum Gasteiger partial charge on any atom is 0.335 e. The molecule has 2 rings (SSSR count). The van der Waals surface area contributed by atoms with Gasteiger partial charge in [-0.15, -0.1) is 0 Å². The molecule has 0 heterocycles. The van der Waals surface area contributed by atoms with E-state index >= 15 is 0 Å². The van der Waals surface area contributed by atoms with Crippen LogP contribution in [-0.2, 0) is 0 Å². The maximum atomic E-state index is 13.6. The van der Waals surface area contributed by atoms with E-state index in [1.807, 2.05) is 0 Å². The highest BCUT2D eigenvalue weighted by Crippen LogP contribution is 2.26. The molecule has 0 amide bonds. The Labute approximate surface area is 103 Å². The van der Waals surface area contributed by atoms with Crippen molar-refractivity contribution in [3.05, 3.63) is 59.4 Å². The number of carbonyl (C=O) groups is 2. The van der Waals surface area contributed by atoms with Crippen LogP contribution in [0.1, 0.15) is 20.7 Å². The number of hydrogen-bond donors (Lipinski definition) is 1. The second-order valence-electron chi connectivity index (χ2n) is 3.70. The molecule has 0 saturated heterocycles. The number of hydrogen-bond acceptors (Lipinski definition) is 2. The minimum atomic E-state index is -1.13. The molecule has 2 aromatic carbocycles. The number of carbonyl (C=O) groups excluding carboxylic acids is 1. The zero-order valence-corrected chi connectivity index (χ0v) is 9.26. The lowest BCUT2D eigenvalue weighted by Crippen LogP contribution is -1.99. The van der Waals surface area contributed by atoms with Crippen LogP contribution >= 0.6 is 0 Å². The molecule has 1 N–H and O–H groups in total. The van der Waals surface area contributed by atoms with E-state index < -0.39 is 11.8 Å². The quantitative estimate of drug-likeness (QED) is 0.844. The summed E-state index contributed by atoms with van der Waals surface area (Å²) < 4.78 is 13.6. The fourth-order valence-corrected chi connectivity index (χ4v) is 1.72. The molecule has 3 nitrogen and oxygen atoms in total. The van der Waals surface area contributed by atoms with Gasteiger partial charge in [0.25, 0.3) is 0 Å². The molecule has 0 aliphatic rings. The molecule has 4 heteroatoms. The third-order valence-electron chi connectivity index (χ3n) is 2.59. The van der Waals surface area contributed by atoms with E-state index in [2.05, 4.69) is 0 Å². The van der Waals surface area contributed by atoms with Crippen molar-refractivity contribution in [2.75, 3.05) is 0 Å². The largest absolute Gasteiger partial charge is 0.478 e. The maximum absolute atomic E-state index is 13.6. The van der Waals surface area contributed by atoms with Crippen LogP contribution in [0.3, 0.4) is 0 Å². The predicted molar refractivity (Wildman–Crippen MR) is 64.2 cm³/mol. The van der Waals surface area contributed by atoms with E-state index in [0.29, 0.717) is 11.8 Å². The zero-order valence-electron chi connectivity index (χ0n) is 9.26. The van der Waals surface area contributed by atoms with Crippen LogP contribution in [0.15, 0.2) is 42.5 Å². The van der Waals surface area contributed by atoms with E-state index in [4.69, 9.17) is 5.11 Å². The van der Waals surface area contributed by atoms with E-state index in [-0.39, 0.29) is 16.7 Å². The average molecular weight is 244 g/mol. The van der Waals surface area contributed by atoms with Crippen LogP contribution in [0, 0.1) is 5.82 Å². The molecule has 90 valence electrons. The van der Waals surface area contributed by atoms with Crippen LogP contribution < -0.4 is 0 Å². The van der Waals surface area contributed by atoms with Gasteiger partial charge in [-0.25, -0.2) is 9.18 Å². The molecule has 0 atom stereocenters. The predicted octanol–water partition coefficient (Wildman–Crippen LogP) is 3.00. The third-order valence-corrected chi connectivity index (χ3v) is 2.59. The number of carboxylic acid groups (broad SMARTS) is 1.